The Hall–Kier alpha value is -3.82. The highest BCUT2D eigenvalue weighted by atomic mass is 32.3. The molecule has 0 radical (unpaired) electrons. The van der Waals surface area contributed by atoms with Crippen molar-refractivity contribution in [3.63, 3.8) is 0 Å². The average molecular weight is 499 g/mol. The van der Waals surface area contributed by atoms with Crippen LogP contribution in [0.1, 0.15) is 11.1 Å². The third-order valence-electron chi connectivity index (χ3n) is 3.91. The van der Waals surface area contributed by atoms with Crippen LogP contribution in [0.5, 0.6) is 11.5 Å². The zero-order chi connectivity index (χ0) is 24.8. The normalized spacial score (nSPS) is 12.2. The van der Waals surface area contributed by atoms with Crippen molar-refractivity contribution >= 4 is 43.6 Å². The molecule has 0 heterocycles. The van der Waals surface area contributed by atoms with E-state index in [1.54, 1.807) is 0 Å². The zero-order valence-electron chi connectivity index (χ0n) is 17.1. The summed E-state index contributed by atoms with van der Waals surface area (Å²) in [6.45, 7) is 0. The van der Waals surface area contributed by atoms with Crippen LogP contribution in [-0.2, 0) is 20.0 Å². The molecule has 0 amide bonds. The maximum atomic E-state index is 12.1. The highest BCUT2D eigenvalue weighted by Gasteiger charge is 2.18. The second-order valence-corrected chi connectivity index (χ2v) is 9.55. The van der Waals surface area contributed by atoms with E-state index in [0.717, 1.165) is 24.3 Å². The van der Waals surface area contributed by atoms with Gasteiger partial charge in [0.05, 0.1) is 24.1 Å². The Labute approximate surface area is 188 Å². The Kier molecular flexibility index (Phi) is 7.86. The van der Waals surface area contributed by atoms with Crippen LogP contribution < -0.4 is 13.6 Å². The van der Waals surface area contributed by atoms with Crippen molar-refractivity contribution in [2.75, 3.05) is 14.2 Å². The molecule has 13 nitrogen and oxygen atoms in total. The molecule has 15 heteroatoms. The van der Waals surface area contributed by atoms with Gasteiger partial charge in [-0.25, -0.2) is 16.8 Å². The van der Waals surface area contributed by atoms with E-state index in [0.29, 0.717) is 10.8 Å². The molecule has 0 unspecified atom stereocenters. The van der Waals surface area contributed by atoms with Crippen molar-refractivity contribution in [2.24, 2.45) is 0 Å². The van der Waals surface area contributed by atoms with Crippen LogP contribution in [0.4, 0.5) is 11.4 Å². The number of ether oxygens (including phenoxy) is 2. The smallest absolute Gasteiger partial charge is 0.311 e. The second kappa shape index (κ2) is 10.2. The lowest BCUT2D eigenvalue weighted by Gasteiger charge is -2.03. The van der Waals surface area contributed by atoms with Crippen molar-refractivity contribution < 1.29 is 36.2 Å². The Morgan fingerprint density at radius 3 is 1.42 bits per heavy atom. The Morgan fingerprint density at radius 1 is 0.758 bits per heavy atom. The lowest BCUT2D eigenvalue weighted by molar-refractivity contribution is -0.385. The van der Waals surface area contributed by atoms with Gasteiger partial charge in [0, 0.05) is 22.9 Å². The largest absolute Gasteiger partial charge is 0.490 e. The van der Waals surface area contributed by atoms with Crippen LogP contribution in [0, 0.1) is 20.2 Å². The van der Waals surface area contributed by atoms with Gasteiger partial charge in [0.15, 0.2) is 11.5 Å². The molecule has 0 saturated heterocycles. The van der Waals surface area contributed by atoms with Gasteiger partial charge in [0.25, 0.3) is 0 Å². The number of nitro groups is 2. The van der Waals surface area contributed by atoms with Crippen LogP contribution in [0.3, 0.4) is 0 Å². The fourth-order valence-corrected chi connectivity index (χ4v) is 4.87. The quantitative estimate of drug-likeness (QED) is 0.376. The summed E-state index contributed by atoms with van der Waals surface area (Å²) in [5.41, 5.74) is -0.610. The van der Waals surface area contributed by atoms with E-state index in [2.05, 4.69) is 0 Å². The average Bonchev–Trinajstić information content (AvgIpc) is 2.75. The minimum Gasteiger partial charge on any atom is -0.490 e. The molecule has 0 spiro atoms. The summed E-state index contributed by atoms with van der Waals surface area (Å²) in [5, 5.41) is 23.1. The monoisotopic (exact) mass is 499 g/mol. The fraction of sp³-hybridized carbons (Fsp3) is 0.111. The van der Waals surface area contributed by atoms with Crippen molar-refractivity contribution in [1.29, 1.82) is 0 Å². The first kappa shape index (κ1) is 25.4. The summed E-state index contributed by atoms with van der Waals surface area (Å²) in [7, 11) is -6.58. The van der Waals surface area contributed by atoms with Crippen molar-refractivity contribution in [2.45, 2.75) is 0 Å². The maximum absolute atomic E-state index is 12.1. The number of nitrogens with one attached hydrogen (secondary N) is 1. The first-order valence-corrected chi connectivity index (χ1v) is 11.8. The molecule has 0 aliphatic carbocycles. The minimum absolute atomic E-state index is 0.0374. The summed E-state index contributed by atoms with van der Waals surface area (Å²) in [6, 6.07) is 7.29. The first-order valence-electron chi connectivity index (χ1n) is 8.67. The molecule has 0 fully saturated rings. The van der Waals surface area contributed by atoms with E-state index < -0.39 is 41.3 Å². The van der Waals surface area contributed by atoms with Crippen molar-refractivity contribution in [3.05, 3.63) is 78.6 Å². The number of nitro benzene ring substituents is 2. The predicted octanol–water partition coefficient (Wildman–Crippen LogP) is 2.41. The van der Waals surface area contributed by atoms with Gasteiger partial charge < -0.3 is 9.47 Å². The van der Waals surface area contributed by atoms with Gasteiger partial charge in [-0.05, 0) is 35.4 Å². The highest BCUT2D eigenvalue weighted by Crippen LogP contribution is 2.29. The molecule has 0 atom stereocenters. The molecule has 0 aliphatic heterocycles. The SMILES string of the molecule is COc1ccc(/C=C\S(=O)(=O)NS(=O)(=O)/C=C/c2ccc(OC)c([N+](=O)[O-])c2)cc1[N+](=O)[O-]. The van der Waals surface area contributed by atoms with E-state index in [4.69, 9.17) is 9.47 Å². The Bertz CT molecular complexity index is 1250. The lowest BCUT2D eigenvalue weighted by Crippen LogP contribution is -2.26. The molecule has 0 bridgehead atoms. The number of rotatable bonds is 10. The van der Waals surface area contributed by atoms with Crippen LogP contribution in [0.2, 0.25) is 0 Å². The summed E-state index contributed by atoms with van der Waals surface area (Å²) in [6.07, 6.45) is 1.92. The standard InChI is InChI=1S/C18H17N3O10S2/c1-30-17-5-3-13(11-15(17)20(22)23)7-9-32(26,27)19-33(28,29)10-8-14-4-6-18(31-2)16(12-14)21(24)25/h3-12,19H,1-2H3/b9-7-,10-8+. The van der Waals surface area contributed by atoms with Gasteiger partial charge in [-0.15, -0.1) is 4.13 Å². The molecule has 33 heavy (non-hydrogen) atoms. The Morgan fingerprint density at radius 2 is 1.12 bits per heavy atom. The zero-order valence-corrected chi connectivity index (χ0v) is 18.7. The number of nitrogens with zero attached hydrogens (tertiary/aromatic N) is 2. The topological polar surface area (TPSA) is 185 Å². The van der Waals surface area contributed by atoms with E-state index in [1.807, 2.05) is 0 Å². The highest BCUT2D eigenvalue weighted by molar-refractivity contribution is 8.07. The number of methoxy groups -OCH3 is 2. The second-order valence-electron chi connectivity index (χ2n) is 6.16. The number of hydrogen-bond donors (Lipinski definition) is 1. The molecule has 0 aliphatic rings. The summed E-state index contributed by atoms with van der Waals surface area (Å²) >= 11 is 0. The van der Waals surface area contributed by atoms with Gasteiger partial charge in [-0.3, -0.25) is 20.2 Å². The lowest BCUT2D eigenvalue weighted by atomic mass is 10.2. The van der Waals surface area contributed by atoms with E-state index in [9.17, 15) is 37.1 Å². The summed E-state index contributed by atoms with van der Waals surface area (Å²) in [4.78, 5) is 20.6. The maximum Gasteiger partial charge on any atom is 0.311 e. The molecular weight excluding hydrogens is 482 g/mol. The van der Waals surface area contributed by atoms with Crippen LogP contribution in [0.15, 0.2) is 47.2 Å². The fourth-order valence-electron chi connectivity index (χ4n) is 2.46. The molecule has 176 valence electrons. The van der Waals surface area contributed by atoms with Gasteiger partial charge in [0.1, 0.15) is 0 Å². The van der Waals surface area contributed by atoms with Gasteiger partial charge in [-0.2, -0.15) is 0 Å². The third-order valence-corrected chi connectivity index (χ3v) is 6.76. The molecular formula is C18H17N3O10S2. The van der Waals surface area contributed by atoms with E-state index in [1.165, 1.54) is 42.6 Å². The van der Waals surface area contributed by atoms with Crippen molar-refractivity contribution in [3.8, 4) is 11.5 Å². The Balaban J connectivity index is 2.22. The van der Waals surface area contributed by atoms with Gasteiger partial charge >= 0.3 is 11.4 Å². The molecule has 0 saturated carbocycles. The molecule has 0 aromatic heterocycles. The molecule has 2 rings (SSSR count). The van der Waals surface area contributed by atoms with Gasteiger partial charge in [-0.1, -0.05) is 12.1 Å². The molecule has 2 aromatic carbocycles. The summed E-state index contributed by atoms with van der Waals surface area (Å²) in [5.74, 6) is -0.0748. The predicted molar refractivity (Wildman–Crippen MR) is 118 cm³/mol. The van der Waals surface area contributed by atoms with E-state index >= 15 is 0 Å². The minimum atomic E-state index is -4.52. The first-order chi connectivity index (χ1) is 15.4. The third kappa shape index (κ3) is 7.09. The number of hydrogen-bond acceptors (Lipinski definition) is 10. The molecule has 2 aromatic rings. The van der Waals surface area contributed by atoms with Crippen LogP contribution in [0.25, 0.3) is 12.2 Å². The number of sulfonamides is 2. The van der Waals surface area contributed by atoms with Crippen molar-refractivity contribution in [1.82, 2.24) is 4.13 Å². The van der Waals surface area contributed by atoms with Crippen LogP contribution in [-0.4, -0.2) is 40.9 Å². The summed E-state index contributed by atoms with van der Waals surface area (Å²) < 4.78 is 59.6. The van der Waals surface area contributed by atoms with Gasteiger partial charge in [0.2, 0.25) is 20.0 Å². The van der Waals surface area contributed by atoms with E-state index in [-0.39, 0.29) is 22.6 Å². The molecule has 1 N–H and O–H groups in total. The number of benzene rings is 2. The van der Waals surface area contributed by atoms with Crippen LogP contribution >= 0.6 is 0 Å².